The van der Waals surface area contributed by atoms with Crippen molar-refractivity contribution in [3.05, 3.63) is 29.8 Å². The van der Waals surface area contributed by atoms with Crippen LogP contribution in [-0.2, 0) is 29.2 Å². The summed E-state index contributed by atoms with van der Waals surface area (Å²) in [7, 11) is -3.90. The second-order valence-electron chi connectivity index (χ2n) is 8.79. The number of piperidine rings is 1. The fraction of sp³-hybridized carbons (Fsp3) is 0.565. The quantitative estimate of drug-likeness (QED) is 0.331. The number of carboxylic acid groups (broad SMARTS) is 1. The summed E-state index contributed by atoms with van der Waals surface area (Å²) in [5.74, 6) is -3.11. The summed E-state index contributed by atoms with van der Waals surface area (Å²) in [5.41, 5.74) is 0.923. The normalized spacial score (nSPS) is 16.3. The number of likely N-dealkylation sites (tertiary alicyclic amines) is 1. The van der Waals surface area contributed by atoms with Crippen LogP contribution >= 0.6 is 0 Å². The Bertz CT molecular complexity index is 1020. The highest BCUT2D eigenvalue weighted by atomic mass is 32.2. The number of hydrogen-bond acceptors (Lipinski definition) is 6. The Morgan fingerprint density at radius 2 is 1.66 bits per heavy atom. The van der Waals surface area contributed by atoms with Gasteiger partial charge >= 0.3 is 5.97 Å². The molecule has 4 N–H and O–H groups in total. The van der Waals surface area contributed by atoms with E-state index in [1.54, 1.807) is 17.0 Å². The van der Waals surface area contributed by atoms with Crippen LogP contribution in [0.5, 0.6) is 0 Å². The number of benzene rings is 1. The lowest BCUT2D eigenvalue weighted by atomic mass is 9.93. The first-order valence-corrected chi connectivity index (χ1v) is 13.1. The third-order valence-electron chi connectivity index (χ3n) is 6.13. The third-order valence-corrected chi connectivity index (χ3v) is 7.59. The van der Waals surface area contributed by atoms with E-state index in [4.69, 9.17) is 5.11 Å². The zero-order chi connectivity index (χ0) is 26.2. The summed E-state index contributed by atoms with van der Waals surface area (Å²) in [5, 5.41) is 13.2. The summed E-state index contributed by atoms with van der Waals surface area (Å²) < 4.78 is 28.4. The van der Waals surface area contributed by atoms with E-state index in [0.717, 1.165) is 5.56 Å². The molecule has 11 nitrogen and oxygen atoms in total. The van der Waals surface area contributed by atoms with E-state index >= 15 is 0 Å². The van der Waals surface area contributed by atoms with Gasteiger partial charge in [0.1, 0.15) is 12.6 Å². The fourth-order valence-electron chi connectivity index (χ4n) is 3.71. The van der Waals surface area contributed by atoms with Crippen LogP contribution in [0.3, 0.4) is 0 Å². The standard InChI is InChI=1S/C23H34N4O7S/c1-4-16(3)21(26-35(33,34)18-7-5-15(2)6-8-18)23(32)27-11-9-17(10-12-27)22(31)25-13-19(28)24-14-20(29)30/h5-8,16-17,21,26H,4,9-14H2,1-3H3,(H,24,28)(H,25,31)(H,29,30). The van der Waals surface area contributed by atoms with Crippen molar-refractivity contribution in [2.45, 2.75) is 51.0 Å². The zero-order valence-electron chi connectivity index (χ0n) is 20.2. The molecule has 0 aromatic heterocycles. The second kappa shape index (κ2) is 12.6. The Morgan fingerprint density at radius 3 is 2.20 bits per heavy atom. The molecule has 194 valence electrons. The maximum Gasteiger partial charge on any atom is 0.322 e. The van der Waals surface area contributed by atoms with Gasteiger partial charge in [-0.1, -0.05) is 38.0 Å². The van der Waals surface area contributed by atoms with E-state index < -0.39 is 40.4 Å². The largest absolute Gasteiger partial charge is 0.480 e. The summed E-state index contributed by atoms with van der Waals surface area (Å²) in [6, 6.07) is 5.46. The van der Waals surface area contributed by atoms with Crippen LogP contribution in [-0.4, -0.2) is 74.3 Å². The summed E-state index contributed by atoms with van der Waals surface area (Å²) in [6.45, 7) is 5.25. The molecule has 3 amide bonds. The number of aryl methyl sites for hydroxylation is 1. The van der Waals surface area contributed by atoms with Crippen LogP contribution in [0, 0.1) is 18.8 Å². The molecular formula is C23H34N4O7S. The first kappa shape index (κ1) is 28.2. The number of hydrogen-bond donors (Lipinski definition) is 4. The molecule has 0 saturated carbocycles. The van der Waals surface area contributed by atoms with Gasteiger partial charge in [-0.15, -0.1) is 0 Å². The number of nitrogens with one attached hydrogen (secondary N) is 3. The predicted molar refractivity (Wildman–Crippen MR) is 128 cm³/mol. The molecule has 0 bridgehead atoms. The SMILES string of the molecule is CCC(C)C(NS(=O)(=O)c1ccc(C)cc1)C(=O)N1CCC(C(=O)NCC(=O)NCC(=O)O)CC1. The topological polar surface area (TPSA) is 162 Å². The maximum atomic E-state index is 13.3. The average molecular weight is 511 g/mol. The number of amides is 3. The van der Waals surface area contributed by atoms with E-state index in [1.165, 1.54) is 12.1 Å². The van der Waals surface area contributed by atoms with Gasteiger partial charge in [0, 0.05) is 19.0 Å². The van der Waals surface area contributed by atoms with Crippen molar-refractivity contribution in [1.82, 2.24) is 20.3 Å². The Morgan fingerprint density at radius 1 is 1.06 bits per heavy atom. The van der Waals surface area contributed by atoms with Gasteiger partial charge < -0.3 is 20.6 Å². The molecule has 35 heavy (non-hydrogen) atoms. The summed E-state index contributed by atoms with van der Waals surface area (Å²) >= 11 is 0. The third kappa shape index (κ3) is 8.32. The number of rotatable bonds is 11. The molecule has 2 atom stereocenters. The van der Waals surface area contributed by atoms with Crippen molar-refractivity contribution in [2.75, 3.05) is 26.2 Å². The van der Waals surface area contributed by atoms with Crippen LogP contribution in [0.25, 0.3) is 0 Å². The van der Waals surface area contributed by atoms with Crippen LogP contribution in [0.15, 0.2) is 29.2 Å². The molecule has 2 rings (SSSR count). The zero-order valence-corrected chi connectivity index (χ0v) is 21.1. The highest BCUT2D eigenvalue weighted by molar-refractivity contribution is 7.89. The number of carbonyl (C=O) groups is 4. The molecule has 1 aliphatic heterocycles. The number of nitrogens with zero attached hydrogens (tertiary/aromatic N) is 1. The minimum Gasteiger partial charge on any atom is -0.480 e. The molecule has 1 fully saturated rings. The number of sulfonamides is 1. The van der Waals surface area contributed by atoms with E-state index in [1.807, 2.05) is 20.8 Å². The lowest BCUT2D eigenvalue weighted by Crippen LogP contribution is -2.54. The molecule has 12 heteroatoms. The molecule has 1 heterocycles. The molecule has 1 aliphatic rings. The van der Waals surface area contributed by atoms with Gasteiger partial charge in [-0.3, -0.25) is 19.2 Å². The van der Waals surface area contributed by atoms with Crippen LogP contribution in [0.2, 0.25) is 0 Å². The Balaban J connectivity index is 1.96. The number of carboxylic acids is 1. The van der Waals surface area contributed by atoms with Crippen LogP contribution < -0.4 is 15.4 Å². The van der Waals surface area contributed by atoms with E-state index in [9.17, 15) is 27.6 Å². The predicted octanol–water partition coefficient (Wildman–Crippen LogP) is 0.244. The second-order valence-corrected chi connectivity index (χ2v) is 10.5. The van der Waals surface area contributed by atoms with Gasteiger partial charge in [-0.2, -0.15) is 4.72 Å². The Kier molecular flexibility index (Phi) is 10.2. The van der Waals surface area contributed by atoms with Gasteiger partial charge in [0.25, 0.3) is 0 Å². The number of aliphatic carboxylic acids is 1. The monoisotopic (exact) mass is 510 g/mol. The smallest absolute Gasteiger partial charge is 0.322 e. The molecular weight excluding hydrogens is 476 g/mol. The lowest BCUT2D eigenvalue weighted by Gasteiger charge is -2.35. The fourth-order valence-corrected chi connectivity index (χ4v) is 5.00. The molecule has 1 saturated heterocycles. The van der Waals surface area contributed by atoms with Gasteiger partial charge in [0.15, 0.2) is 0 Å². The molecule has 1 aromatic rings. The van der Waals surface area contributed by atoms with E-state index in [2.05, 4.69) is 15.4 Å². The number of carbonyl (C=O) groups excluding carboxylic acids is 3. The Hall–Kier alpha value is -2.99. The van der Waals surface area contributed by atoms with Gasteiger partial charge in [0.05, 0.1) is 11.4 Å². The summed E-state index contributed by atoms with van der Waals surface area (Å²) in [6.07, 6.45) is 1.33. The van der Waals surface area contributed by atoms with E-state index in [-0.39, 0.29) is 42.3 Å². The molecule has 0 radical (unpaired) electrons. The highest BCUT2D eigenvalue weighted by Gasteiger charge is 2.35. The van der Waals surface area contributed by atoms with E-state index in [0.29, 0.717) is 19.3 Å². The van der Waals surface area contributed by atoms with Crippen molar-refractivity contribution >= 4 is 33.7 Å². The van der Waals surface area contributed by atoms with Crippen LogP contribution in [0.1, 0.15) is 38.7 Å². The lowest BCUT2D eigenvalue weighted by molar-refractivity contribution is -0.139. The first-order valence-electron chi connectivity index (χ1n) is 11.6. The van der Waals surface area contributed by atoms with Gasteiger partial charge in [-0.25, -0.2) is 8.42 Å². The maximum absolute atomic E-state index is 13.3. The molecule has 0 spiro atoms. The van der Waals surface area contributed by atoms with Gasteiger partial charge in [0.2, 0.25) is 27.7 Å². The van der Waals surface area contributed by atoms with Crippen molar-refractivity contribution < 1.29 is 32.7 Å². The van der Waals surface area contributed by atoms with Crippen molar-refractivity contribution in [3.63, 3.8) is 0 Å². The minimum atomic E-state index is -3.90. The van der Waals surface area contributed by atoms with Crippen molar-refractivity contribution in [3.8, 4) is 0 Å². The molecule has 0 aliphatic carbocycles. The van der Waals surface area contributed by atoms with Crippen LogP contribution in [0.4, 0.5) is 0 Å². The van der Waals surface area contributed by atoms with Gasteiger partial charge in [-0.05, 0) is 37.8 Å². The molecule has 1 aromatic carbocycles. The van der Waals surface area contributed by atoms with Crippen molar-refractivity contribution in [2.24, 2.45) is 11.8 Å². The average Bonchev–Trinajstić information content (AvgIpc) is 2.84. The first-order chi connectivity index (χ1) is 16.4. The summed E-state index contributed by atoms with van der Waals surface area (Å²) in [4.78, 5) is 49.4. The highest BCUT2D eigenvalue weighted by Crippen LogP contribution is 2.21. The van der Waals surface area contributed by atoms with Crippen molar-refractivity contribution in [1.29, 1.82) is 0 Å². The molecule has 2 unspecified atom stereocenters. The minimum absolute atomic E-state index is 0.0898. The Labute approximate surface area is 205 Å².